The highest BCUT2D eigenvalue weighted by Gasteiger charge is 2.31. The van der Waals surface area contributed by atoms with Gasteiger partial charge >= 0.3 is 6.85 Å². The molecule has 4 heteroatoms. The van der Waals surface area contributed by atoms with Crippen LogP contribution in [-0.2, 0) is 0 Å². The van der Waals surface area contributed by atoms with Crippen LogP contribution < -0.4 is 4.92 Å². The van der Waals surface area contributed by atoms with Gasteiger partial charge in [-0.25, -0.2) is 0 Å². The van der Waals surface area contributed by atoms with E-state index >= 15 is 0 Å². The number of rotatable bonds is 1. The Morgan fingerprint density at radius 1 is 1.17 bits per heavy atom. The smallest absolute Gasteiger partial charge is 0.303 e. The lowest BCUT2D eigenvalue weighted by molar-refractivity contribution is 0.202. The molecule has 0 saturated heterocycles. The molecule has 1 atom stereocenters. The van der Waals surface area contributed by atoms with E-state index in [1.54, 1.807) is 0 Å². The molecule has 0 N–H and O–H groups in total. The molecule has 0 fully saturated rings. The van der Waals surface area contributed by atoms with Crippen molar-refractivity contribution in [3.8, 4) is 0 Å². The van der Waals surface area contributed by atoms with Crippen molar-refractivity contribution in [1.82, 2.24) is 9.91 Å². The highest BCUT2D eigenvalue weighted by Crippen LogP contribution is 2.31. The van der Waals surface area contributed by atoms with Gasteiger partial charge < -0.3 is 9.82 Å². The summed E-state index contributed by atoms with van der Waals surface area (Å²) in [5, 5.41) is 2.30. The molecule has 0 aromatic heterocycles. The second-order valence-electron chi connectivity index (χ2n) is 4.98. The Morgan fingerprint density at radius 2 is 1.94 bits per heavy atom. The molecule has 92 valence electrons. The van der Waals surface area contributed by atoms with Crippen LogP contribution in [-0.4, -0.2) is 30.0 Å². The van der Waals surface area contributed by atoms with E-state index in [0.717, 1.165) is 0 Å². The van der Waals surface area contributed by atoms with Gasteiger partial charge in [-0.15, -0.1) is 0 Å². The molecular formula is C14H18BN3. The quantitative estimate of drug-likeness (QED) is 0.697. The summed E-state index contributed by atoms with van der Waals surface area (Å²) in [5.41, 5.74) is 2.56. The van der Waals surface area contributed by atoms with Crippen molar-refractivity contribution in [2.75, 3.05) is 12.0 Å². The normalized spacial score (nSPS) is 21.8. The van der Waals surface area contributed by atoms with E-state index in [4.69, 9.17) is 0 Å². The number of hydrogen-bond donors (Lipinski definition) is 0. The molecule has 2 aliphatic heterocycles. The molecule has 2 heterocycles. The fourth-order valence-electron chi connectivity index (χ4n) is 2.58. The summed E-state index contributed by atoms with van der Waals surface area (Å²) in [6.45, 7) is 4.82. The fourth-order valence-corrected chi connectivity index (χ4v) is 2.58. The lowest BCUT2D eigenvalue weighted by atomic mass is 9.61. The predicted octanol–water partition coefficient (Wildman–Crippen LogP) is 2.66. The van der Waals surface area contributed by atoms with Gasteiger partial charge in [0.25, 0.3) is 0 Å². The zero-order valence-corrected chi connectivity index (χ0v) is 11.1. The maximum absolute atomic E-state index is 2.36. The molecule has 3 nitrogen and oxygen atoms in total. The van der Waals surface area contributed by atoms with E-state index in [2.05, 4.69) is 84.3 Å². The lowest BCUT2D eigenvalue weighted by Gasteiger charge is -2.43. The Kier molecular flexibility index (Phi) is 2.58. The van der Waals surface area contributed by atoms with Crippen LogP contribution in [0.25, 0.3) is 6.08 Å². The topological polar surface area (TPSA) is 9.72 Å². The molecular weight excluding hydrogens is 221 g/mol. The molecule has 0 bridgehead atoms. The fraction of sp³-hybridized carbons (Fsp3) is 0.286. The summed E-state index contributed by atoms with van der Waals surface area (Å²) in [7, 11) is 2.11. The first-order valence-electron chi connectivity index (χ1n) is 6.43. The molecule has 2 aliphatic rings. The minimum absolute atomic E-state index is 0.354. The third kappa shape index (κ3) is 1.60. The predicted molar refractivity (Wildman–Crippen MR) is 77.8 cm³/mol. The van der Waals surface area contributed by atoms with Crippen molar-refractivity contribution in [3.05, 3.63) is 48.2 Å². The molecule has 0 saturated carbocycles. The van der Waals surface area contributed by atoms with Crippen molar-refractivity contribution in [2.24, 2.45) is 0 Å². The molecule has 3 rings (SSSR count). The maximum atomic E-state index is 2.36. The average molecular weight is 239 g/mol. The zero-order valence-electron chi connectivity index (χ0n) is 11.1. The van der Waals surface area contributed by atoms with Crippen LogP contribution in [0.3, 0.4) is 0 Å². The van der Waals surface area contributed by atoms with Crippen LogP contribution >= 0.6 is 0 Å². The highest BCUT2D eigenvalue weighted by atomic mass is 15.7. The minimum Gasteiger partial charge on any atom is -0.358 e. The van der Waals surface area contributed by atoms with Crippen molar-refractivity contribution < 1.29 is 0 Å². The van der Waals surface area contributed by atoms with E-state index in [0.29, 0.717) is 13.0 Å². The van der Waals surface area contributed by atoms with Gasteiger partial charge in [-0.3, -0.25) is 5.01 Å². The van der Waals surface area contributed by atoms with Gasteiger partial charge in [-0.2, -0.15) is 0 Å². The second-order valence-corrected chi connectivity index (χ2v) is 4.98. The molecule has 0 radical (unpaired) electrons. The lowest BCUT2D eigenvalue weighted by Crippen LogP contribution is -2.53. The second kappa shape index (κ2) is 4.12. The Morgan fingerprint density at radius 3 is 2.67 bits per heavy atom. The van der Waals surface area contributed by atoms with E-state index in [-0.39, 0.29) is 0 Å². The van der Waals surface area contributed by atoms with Crippen LogP contribution in [0.4, 0.5) is 5.69 Å². The molecule has 0 unspecified atom stereocenters. The van der Waals surface area contributed by atoms with Gasteiger partial charge in [0.1, 0.15) is 6.17 Å². The molecule has 1 aromatic rings. The van der Waals surface area contributed by atoms with E-state index in [1.807, 2.05) is 0 Å². The zero-order chi connectivity index (χ0) is 12.7. The molecule has 0 aliphatic carbocycles. The van der Waals surface area contributed by atoms with Crippen LogP contribution in [0.2, 0.25) is 6.82 Å². The van der Waals surface area contributed by atoms with Crippen molar-refractivity contribution in [1.29, 1.82) is 0 Å². The summed E-state index contributed by atoms with van der Waals surface area (Å²) in [5.74, 6) is 2.25. The standard InChI is InChI=1S/C14H18BN3/c1-12-16(3)10-11-17(12)18-14-7-5-4-6-13(14)8-9-15(18)2/h4-12H,1-3H3/t12-/m0/s1. The summed E-state index contributed by atoms with van der Waals surface area (Å²) in [6, 6.07) is 8.55. The number of benzene rings is 1. The first-order valence-corrected chi connectivity index (χ1v) is 6.43. The number of para-hydroxylation sites is 1. The molecule has 0 amide bonds. The maximum Gasteiger partial charge on any atom is 0.303 e. The van der Waals surface area contributed by atoms with Gasteiger partial charge in [0.15, 0.2) is 0 Å². The number of hydrogen-bond acceptors (Lipinski definition) is 3. The van der Waals surface area contributed by atoms with Crippen LogP contribution in [0, 0.1) is 0 Å². The number of nitrogens with zero attached hydrogens (tertiary/aromatic N) is 3. The molecule has 1 aromatic carbocycles. The van der Waals surface area contributed by atoms with E-state index in [9.17, 15) is 0 Å². The minimum atomic E-state index is 0.354. The Labute approximate surface area is 109 Å². The van der Waals surface area contributed by atoms with Gasteiger partial charge in [0.05, 0.1) is 5.69 Å². The highest BCUT2D eigenvalue weighted by molar-refractivity contribution is 6.68. The Hall–Kier alpha value is -1.84. The molecule has 0 spiro atoms. The number of hydrazine groups is 1. The Balaban J connectivity index is 2.01. The summed E-state index contributed by atoms with van der Waals surface area (Å²) >= 11 is 0. The third-order valence-electron chi connectivity index (χ3n) is 3.80. The number of fused-ring (bicyclic) bond motifs is 1. The van der Waals surface area contributed by atoms with Crippen LogP contribution in [0.1, 0.15) is 12.5 Å². The largest absolute Gasteiger partial charge is 0.358 e. The van der Waals surface area contributed by atoms with Gasteiger partial charge in [-0.05, 0) is 18.6 Å². The van der Waals surface area contributed by atoms with Gasteiger partial charge in [0, 0.05) is 19.4 Å². The van der Waals surface area contributed by atoms with Crippen molar-refractivity contribution in [3.63, 3.8) is 0 Å². The SMILES string of the molecule is CB1C=Cc2ccccc2N1N1C=CN(C)[C@@H]1C. The summed E-state index contributed by atoms with van der Waals surface area (Å²) < 4.78 is 0. The third-order valence-corrected chi connectivity index (χ3v) is 3.80. The van der Waals surface area contributed by atoms with Gasteiger partial charge in [-0.1, -0.05) is 37.1 Å². The summed E-state index contributed by atoms with van der Waals surface area (Å²) in [6.07, 6.45) is 6.84. The van der Waals surface area contributed by atoms with Crippen molar-refractivity contribution in [2.45, 2.75) is 19.9 Å². The van der Waals surface area contributed by atoms with Crippen LogP contribution in [0.15, 0.2) is 42.6 Å². The first kappa shape index (κ1) is 11.3. The van der Waals surface area contributed by atoms with Gasteiger partial charge in [0.2, 0.25) is 0 Å². The average Bonchev–Trinajstić information content (AvgIpc) is 2.70. The Bertz CT molecular complexity index is 512. The van der Waals surface area contributed by atoms with Crippen molar-refractivity contribution >= 4 is 18.6 Å². The van der Waals surface area contributed by atoms with E-state index in [1.165, 1.54) is 11.3 Å². The van der Waals surface area contributed by atoms with Crippen LogP contribution in [0.5, 0.6) is 0 Å². The monoisotopic (exact) mass is 239 g/mol. The summed E-state index contributed by atoms with van der Waals surface area (Å²) in [4.78, 5) is 4.58. The van der Waals surface area contributed by atoms with E-state index < -0.39 is 0 Å². The first-order chi connectivity index (χ1) is 8.68. The number of anilines is 1. The molecule has 18 heavy (non-hydrogen) atoms.